The predicted molar refractivity (Wildman–Crippen MR) is 155 cm³/mol. The number of hydrogen-bond donors (Lipinski definition) is 1. The van der Waals surface area contributed by atoms with Crippen molar-refractivity contribution in [1.29, 1.82) is 0 Å². The summed E-state index contributed by atoms with van der Waals surface area (Å²) in [6, 6.07) is 7.99. The van der Waals surface area contributed by atoms with Gasteiger partial charge in [-0.15, -0.1) is 0 Å². The van der Waals surface area contributed by atoms with Crippen molar-refractivity contribution in [3.63, 3.8) is 0 Å². The van der Waals surface area contributed by atoms with E-state index in [1.54, 1.807) is 35.2 Å². The summed E-state index contributed by atoms with van der Waals surface area (Å²) in [4.78, 5) is 44.6. The molecule has 14 heteroatoms. The fraction of sp³-hybridized carbons (Fsp3) is 0.552. The van der Waals surface area contributed by atoms with E-state index < -0.39 is 24.4 Å². The summed E-state index contributed by atoms with van der Waals surface area (Å²) in [6.45, 7) is 5.96. The van der Waals surface area contributed by atoms with Gasteiger partial charge in [0.15, 0.2) is 5.82 Å². The molecule has 43 heavy (non-hydrogen) atoms. The summed E-state index contributed by atoms with van der Waals surface area (Å²) in [7, 11) is 0. The lowest BCUT2D eigenvalue weighted by atomic mass is 10.1. The van der Waals surface area contributed by atoms with Gasteiger partial charge >= 0.3 is 6.09 Å². The smallest absolute Gasteiger partial charge is 0.410 e. The van der Waals surface area contributed by atoms with Gasteiger partial charge < -0.3 is 24.6 Å². The van der Waals surface area contributed by atoms with Crippen LogP contribution in [0.2, 0.25) is 0 Å². The van der Waals surface area contributed by atoms with Crippen molar-refractivity contribution in [2.45, 2.75) is 51.1 Å². The maximum atomic E-state index is 14.1. The van der Waals surface area contributed by atoms with Gasteiger partial charge in [-0.05, 0) is 31.4 Å². The van der Waals surface area contributed by atoms with E-state index >= 15 is 0 Å². The summed E-state index contributed by atoms with van der Waals surface area (Å²) in [5, 5.41) is 3.30. The van der Waals surface area contributed by atoms with E-state index in [0.29, 0.717) is 75.8 Å². The molecule has 3 aliphatic rings. The highest BCUT2D eigenvalue weighted by atomic mass is 19.3. The lowest BCUT2D eigenvalue weighted by Crippen LogP contribution is -2.61. The molecule has 12 nitrogen and oxygen atoms in total. The highest BCUT2D eigenvalue weighted by Crippen LogP contribution is 2.30. The van der Waals surface area contributed by atoms with Gasteiger partial charge in [-0.1, -0.05) is 25.5 Å². The zero-order valence-corrected chi connectivity index (χ0v) is 24.1. The van der Waals surface area contributed by atoms with Crippen LogP contribution in [0.1, 0.15) is 44.9 Å². The topological polar surface area (TPSA) is 118 Å². The average Bonchev–Trinajstić information content (AvgIpc) is 3.65. The van der Waals surface area contributed by atoms with Gasteiger partial charge in [-0.2, -0.15) is 9.97 Å². The number of amides is 2. The number of morpholine rings is 1. The third-order valence-electron chi connectivity index (χ3n) is 8.07. The Hall–Kier alpha value is -4.07. The molecule has 0 aliphatic carbocycles. The van der Waals surface area contributed by atoms with Crippen LogP contribution in [0.3, 0.4) is 0 Å². The monoisotopic (exact) mass is 598 g/mol. The Morgan fingerprint density at radius 2 is 1.86 bits per heavy atom. The molecule has 5 heterocycles. The molecule has 3 saturated heterocycles. The summed E-state index contributed by atoms with van der Waals surface area (Å²) >= 11 is 0. The number of likely N-dealkylation sites (tertiary alicyclic amines) is 2. The second-order valence-electron chi connectivity index (χ2n) is 11.0. The number of para-hydroxylation sites is 2. The zero-order valence-electron chi connectivity index (χ0n) is 24.1. The number of carbonyl (C=O) groups excluding carboxylic acids is 2. The highest BCUT2D eigenvalue weighted by molar-refractivity contribution is 5.87. The first-order valence-corrected chi connectivity index (χ1v) is 14.9. The van der Waals surface area contributed by atoms with Gasteiger partial charge in [-0.25, -0.2) is 18.6 Å². The summed E-state index contributed by atoms with van der Waals surface area (Å²) in [5.74, 6) is 0.644. The first-order chi connectivity index (χ1) is 20.9. The molecule has 1 atom stereocenters. The molecule has 2 amide bonds. The van der Waals surface area contributed by atoms with Crippen LogP contribution in [0.5, 0.6) is 0 Å². The number of nitrogens with one attached hydrogen (secondary N) is 1. The van der Waals surface area contributed by atoms with Crippen LogP contribution in [-0.2, 0) is 14.3 Å². The normalized spacial score (nSPS) is 19.3. The van der Waals surface area contributed by atoms with E-state index in [1.165, 1.54) is 9.47 Å². The number of benzene rings is 1. The van der Waals surface area contributed by atoms with Crippen LogP contribution in [0.4, 0.5) is 25.3 Å². The number of unbranched alkanes of at least 4 members (excludes halogenated alkanes) is 1. The van der Waals surface area contributed by atoms with Gasteiger partial charge in [0.2, 0.25) is 11.9 Å². The molecule has 0 radical (unpaired) electrons. The van der Waals surface area contributed by atoms with Crippen molar-refractivity contribution in [3.8, 4) is 5.82 Å². The first-order valence-electron chi connectivity index (χ1n) is 14.9. The van der Waals surface area contributed by atoms with Crippen LogP contribution in [0.25, 0.3) is 16.9 Å². The van der Waals surface area contributed by atoms with E-state index in [2.05, 4.69) is 15.3 Å². The molecule has 0 spiro atoms. The Bertz CT molecular complexity index is 1460. The molecule has 3 fully saturated rings. The van der Waals surface area contributed by atoms with Crippen molar-refractivity contribution in [2.24, 2.45) is 0 Å². The number of aromatic nitrogens is 4. The van der Waals surface area contributed by atoms with Crippen molar-refractivity contribution >= 4 is 34.8 Å². The largest absolute Gasteiger partial charge is 0.449 e. The van der Waals surface area contributed by atoms with Crippen molar-refractivity contribution in [3.05, 3.63) is 36.2 Å². The number of nitrogens with zero attached hydrogens (tertiary/aromatic N) is 7. The molecule has 230 valence electrons. The Morgan fingerprint density at radius 1 is 1.09 bits per heavy atom. The lowest BCUT2D eigenvalue weighted by molar-refractivity contribution is -0.139. The van der Waals surface area contributed by atoms with Gasteiger partial charge in [0.05, 0.1) is 36.9 Å². The number of carbonyl (C=O) groups is 2. The number of imidazole rings is 1. The van der Waals surface area contributed by atoms with Gasteiger partial charge in [-0.3, -0.25) is 14.3 Å². The van der Waals surface area contributed by atoms with Gasteiger partial charge in [0, 0.05) is 38.8 Å². The van der Waals surface area contributed by atoms with E-state index in [0.717, 1.165) is 19.3 Å². The minimum atomic E-state index is -2.81. The minimum absolute atomic E-state index is 0.0990. The number of anilines is 2. The molecular formula is C29H36F2N8O4. The molecule has 3 aliphatic heterocycles. The number of fused-ring (bicyclic) bond motifs is 1. The first kappa shape index (κ1) is 29.0. The SMILES string of the molecule is CCCCOC(=O)N1CCC[C@H]1C(=O)N1CC(Nc2nc(N3CCOCC3)cc(-n3c(C(F)F)nc4ccccc43)n2)C1. The minimum Gasteiger partial charge on any atom is -0.449 e. The van der Waals surface area contributed by atoms with E-state index in [-0.39, 0.29) is 23.7 Å². The Balaban J connectivity index is 1.20. The quantitative estimate of drug-likeness (QED) is 0.369. The molecule has 2 aromatic heterocycles. The molecule has 0 saturated carbocycles. The Labute approximate surface area is 248 Å². The van der Waals surface area contributed by atoms with Crippen LogP contribution in [0.15, 0.2) is 30.3 Å². The van der Waals surface area contributed by atoms with Crippen LogP contribution in [-0.4, -0.2) is 106 Å². The number of rotatable bonds is 9. The zero-order chi connectivity index (χ0) is 29.9. The van der Waals surface area contributed by atoms with Crippen LogP contribution in [0, 0.1) is 0 Å². The summed E-state index contributed by atoms with van der Waals surface area (Å²) < 4.78 is 40.5. The van der Waals surface area contributed by atoms with Crippen LogP contribution < -0.4 is 10.2 Å². The molecule has 1 N–H and O–H groups in total. The van der Waals surface area contributed by atoms with Gasteiger partial charge in [0.1, 0.15) is 17.7 Å². The fourth-order valence-corrected chi connectivity index (χ4v) is 5.76. The van der Waals surface area contributed by atoms with Crippen molar-refractivity contribution < 1.29 is 27.8 Å². The van der Waals surface area contributed by atoms with Crippen molar-refractivity contribution in [2.75, 3.05) is 62.8 Å². The van der Waals surface area contributed by atoms with Crippen molar-refractivity contribution in [1.82, 2.24) is 29.3 Å². The lowest BCUT2D eigenvalue weighted by Gasteiger charge is -2.41. The molecule has 6 rings (SSSR count). The average molecular weight is 599 g/mol. The van der Waals surface area contributed by atoms with Gasteiger partial charge in [0.25, 0.3) is 6.43 Å². The van der Waals surface area contributed by atoms with E-state index in [1.807, 2.05) is 11.8 Å². The third kappa shape index (κ3) is 6.05. The maximum Gasteiger partial charge on any atom is 0.410 e. The number of alkyl halides is 2. The second kappa shape index (κ2) is 12.7. The number of halogens is 2. The van der Waals surface area contributed by atoms with E-state index in [4.69, 9.17) is 14.5 Å². The second-order valence-corrected chi connectivity index (χ2v) is 11.0. The summed E-state index contributed by atoms with van der Waals surface area (Å²) in [6.07, 6.45) is -0.176. The van der Waals surface area contributed by atoms with E-state index in [9.17, 15) is 18.4 Å². The molecular weight excluding hydrogens is 562 g/mol. The Kier molecular flexibility index (Phi) is 8.54. The third-order valence-corrected chi connectivity index (χ3v) is 8.07. The molecule has 0 unspecified atom stereocenters. The molecule has 0 bridgehead atoms. The van der Waals surface area contributed by atoms with Crippen LogP contribution >= 0.6 is 0 Å². The highest BCUT2D eigenvalue weighted by Gasteiger charge is 2.41. The standard InChI is InChI=1S/C29H36F2N8O4/c1-2-3-13-43-29(41)38-10-6-9-22(38)27(40)37-17-19(18-37)32-28-34-23(36-11-14-42-15-12-36)16-24(35-28)39-21-8-5-4-7-20(21)33-26(39)25(30)31/h4-5,7-8,16,19,22,25H,2-3,6,9-15,17-18H2,1H3,(H,32,34,35)/t22-/m0/s1. The predicted octanol–water partition coefficient (Wildman–Crippen LogP) is 3.61. The number of ether oxygens (including phenoxy) is 2. The summed E-state index contributed by atoms with van der Waals surface area (Å²) in [5.41, 5.74) is 0.965. The molecule has 3 aromatic rings. The number of hydrogen-bond acceptors (Lipinski definition) is 9. The maximum absolute atomic E-state index is 14.1. The Morgan fingerprint density at radius 3 is 2.63 bits per heavy atom. The fourth-order valence-electron chi connectivity index (χ4n) is 5.76. The molecule has 1 aromatic carbocycles.